The molecule has 0 bridgehead atoms. The molecule has 0 amide bonds. The molecular weight excluding hydrogens is 332 g/mol. The maximum Gasteiger partial charge on any atom is 0.231 e. The molecule has 2 aromatic rings. The van der Waals surface area contributed by atoms with Gasteiger partial charge in [-0.05, 0) is 48.4 Å². The second-order valence-corrected chi connectivity index (χ2v) is 5.96. The van der Waals surface area contributed by atoms with Gasteiger partial charge < -0.3 is 18.9 Å². The fourth-order valence-corrected chi connectivity index (χ4v) is 2.54. The van der Waals surface area contributed by atoms with Gasteiger partial charge in [-0.15, -0.1) is 0 Å². The number of rotatable bonds is 6. The number of allylic oxidation sites excluding steroid dienone is 1. The molecule has 0 saturated heterocycles. The van der Waals surface area contributed by atoms with Gasteiger partial charge in [0.1, 0.15) is 18.1 Å². The van der Waals surface area contributed by atoms with E-state index < -0.39 is 0 Å². The SMILES string of the molecule is C=C(C)COc1ccc(/C=C2\Oc3cc(OC)ccc3C2=O)cc1OC. The van der Waals surface area contributed by atoms with Crippen molar-refractivity contribution >= 4 is 11.9 Å². The quantitative estimate of drug-likeness (QED) is 0.574. The molecule has 26 heavy (non-hydrogen) atoms. The number of methoxy groups -OCH3 is 2. The molecule has 0 aliphatic carbocycles. The molecule has 1 aliphatic heterocycles. The van der Waals surface area contributed by atoms with Crippen molar-refractivity contribution < 1.29 is 23.7 Å². The summed E-state index contributed by atoms with van der Waals surface area (Å²) in [4.78, 5) is 12.5. The average molecular weight is 352 g/mol. The first-order valence-corrected chi connectivity index (χ1v) is 8.09. The Morgan fingerprint density at radius 3 is 2.62 bits per heavy atom. The number of Topliss-reactive ketones (excluding diaryl/α,β-unsaturated/α-hetero) is 1. The summed E-state index contributed by atoms with van der Waals surface area (Å²) in [6, 6.07) is 10.6. The second kappa shape index (κ2) is 7.35. The van der Waals surface area contributed by atoms with Gasteiger partial charge in [0.2, 0.25) is 5.78 Å². The highest BCUT2D eigenvalue weighted by atomic mass is 16.5. The lowest BCUT2D eigenvalue weighted by Gasteiger charge is -2.11. The van der Waals surface area contributed by atoms with E-state index in [1.54, 1.807) is 50.6 Å². The van der Waals surface area contributed by atoms with Crippen LogP contribution in [0.15, 0.2) is 54.3 Å². The Balaban J connectivity index is 1.86. The topological polar surface area (TPSA) is 54.0 Å². The van der Waals surface area contributed by atoms with Crippen LogP contribution in [0.4, 0.5) is 0 Å². The predicted octanol–water partition coefficient (Wildman–Crippen LogP) is 4.27. The summed E-state index contributed by atoms with van der Waals surface area (Å²) in [6.07, 6.45) is 1.68. The van der Waals surface area contributed by atoms with Crippen molar-refractivity contribution in [2.24, 2.45) is 0 Å². The Morgan fingerprint density at radius 1 is 1.12 bits per heavy atom. The molecule has 134 valence electrons. The van der Waals surface area contributed by atoms with Gasteiger partial charge in [-0.25, -0.2) is 0 Å². The summed E-state index contributed by atoms with van der Waals surface area (Å²) < 4.78 is 21.9. The Hall–Kier alpha value is -3.21. The third-order valence-electron chi connectivity index (χ3n) is 3.84. The van der Waals surface area contributed by atoms with E-state index in [0.29, 0.717) is 35.2 Å². The third-order valence-corrected chi connectivity index (χ3v) is 3.84. The maximum atomic E-state index is 12.5. The molecule has 0 fully saturated rings. The van der Waals surface area contributed by atoms with E-state index in [4.69, 9.17) is 18.9 Å². The van der Waals surface area contributed by atoms with Crippen molar-refractivity contribution in [3.8, 4) is 23.0 Å². The summed E-state index contributed by atoms with van der Waals surface area (Å²) >= 11 is 0. The van der Waals surface area contributed by atoms with Gasteiger partial charge in [-0.2, -0.15) is 0 Å². The summed E-state index contributed by atoms with van der Waals surface area (Å²) in [7, 11) is 3.14. The Bertz CT molecular complexity index is 895. The highest BCUT2D eigenvalue weighted by molar-refractivity contribution is 6.14. The summed E-state index contributed by atoms with van der Waals surface area (Å²) in [5.41, 5.74) is 2.20. The van der Waals surface area contributed by atoms with Crippen LogP contribution in [0.3, 0.4) is 0 Å². The van der Waals surface area contributed by atoms with Gasteiger partial charge in [0.15, 0.2) is 17.3 Å². The number of carbonyl (C=O) groups excluding carboxylic acids is 1. The number of benzene rings is 2. The third kappa shape index (κ3) is 3.57. The molecule has 3 rings (SSSR count). The first-order chi connectivity index (χ1) is 12.5. The molecule has 0 aromatic heterocycles. The molecule has 0 saturated carbocycles. The molecule has 5 nitrogen and oxygen atoms in total. The van der Waals surface area contributed by atoms with Crippen LogP contribution in [-0.4, -0.2) is 26.6 Å². The van der Waals surface area contributed by atoms with Gasteiger partial charge in [0.05, 0.1) is 19.8 Å². The van der Waals surface area contributed by atoms with Crippen molar-refractivity contribution in [3.63, 3.8) is 0 Å². The van der Waals surface area contributed by atoms with Gasteiger partial charge in [0.25, 0.3) is 0 Å². The van der Waals surface area contributed by atoms with E-state index in [9.17, 15) is 4.79 Å². The van der Waals surface area contributed by atoms with Crippen molar-refractivity contribution in [1.29, 1.82) is 0 Å². The largest absolute Gasteiger partial charge is 0.497 e. The van der Waals surface area contributed by atoms with Crippen LogP contribution in [0.5, 0.6) is 23.0 Å². The normalized spacial score (nSPS) is 14.0. The molecule has 0 radical (unpaired) electrons. The highest BCUT2D eigenvalue weighted by Crippen LogP contribution is 2.35. The molecule has 1 heterocycles. The van der Waals surface area contributed by atoms with Crippen LogP contribution >= 0.6 is 0 Å². The first-order valence-electron chi connectivity index (χ1n) is 8.09. The lowest BCUT2D eigenvalue weighted by molar-refractivity contribution is 0.101. The fraction of sp³-hybridized carbons (Fsp3) is 0.190. The number of hydrogen-bond donors (Lipinski definition) is 0. The van der Waals surface area contributed by atoms with Crippen LogP contribution < -0.4 is 18.9 Å². The van der Waals surface area contributed by atoms with Crippen LogP contribution in [0.1, 0.15) is 22.8 Å². The lowest BCUT2D eigenvalue weighted by atomic mass is 10.1. The standard InChI is InChI=1S/C21H20O5/c1-13(2)12-25-17-8-5-14(9-19(17)24-4)10-20-21(22)16-7-6-15(23-3)11-18(16)26-20/h5-11H,1,12H2,2-4H3/b20-10-. The summed E-state index contributed by atoms with van der Waals surface area (Å²) in [5, 5.41) is 0. The van der Waals surface area contributed by atoms with Crippen molar-refractivity contribution in [3.05, 3.63) is 65.4 Å². The van der Waals surface area contributed by atoms with E-state index in [1.807, 2.05) is 13.0 Å². The Morgan fingerprint density at radius 2 is 1.92 bits per heavy atom. The minimum atomic E-state index is -0.163. The smallest absolute Gasteiger partial charge is 0.231 e. The number of carbonyl (C=O) groups is 1. The van der Waals surface area contributed by atoms with E-state index in [0.717, 1.165) is 11.1 Å². The van der Waals surface area contributed by atoms with Gasteiger partial charge >= 0.3 is 0 Å². The summed E-state index contributed by atoms with van der Waals surface area (Å²) in [5.74, 6) is 2.41. The summed E-state index contributed by atoms with van der Waals surface area (Å²) in [6.45, 7) is 6.12. The van der Waals surface area contributed by atoms with E-state index >= 15 is 0 Å². The minimum absolute atomic E-state index is 0.163. The van der Waals surface area contributed by atoms with Crippen LogP contribution in [-0.2, 0) is 0 Å². The Labute approximate surface area is 152 Å². The molecule has 0 spiro atoms. The predicted molar refractivity (Wildman–Crippen MR) is 99.2 cm³/mol. The maximum absolute atomic E-state index is 12.5. The van der Waals surface area contributed by atoms with E-state index in [2.05, 4.69) is 6.58 Å². The number of fused-ring (bicyclic) bond motifs is 1. The zero-order valence-corrected chi connectivity index (χ0v) is 15.0. The molecule has 1 aliphatic rings. The number of ketones is 1. The lowest BCUT2D eigenvalue weighted by Crippen LogP contribution is -2.00. The van der Waals surface area contributed by atoms with Crippen molar-refractivity contribution in [1.82, 2.24) is 0 Å². The molecule has 5 heteroatoms. The van der Waals surface area contributed by atoms with Gasteiger partial charge in [-0.3, -0.25) is 4.79 Å². The zero-order valence-electron chi connectivity index (χ0n) is 15.0. The van der Waals surface area contributed by atoms with Crippen molar-refractivity contribution in [2.45, 2.75) is 6.92 Å². The minimum Gasteiger partial charge on any atom is -0.497 e. The van der Waals surface area contributed by atoms with Crippen molar-refractivity contribution in [2.75, 3.05) is 20.8 Å². The first kappa shape index (κ1) is 17.6. The monoisotopic (exact) mass is 352 g/mol. The molecule has 0 N–H and O–H groups in total. The number of hydrogen-bond acceptors (Lipinski definition) is 5. The highest BCUT2D eigenvalue weighted by Gasteiger charge is 2.27. The zero-order chi connectivity index (χ0) is 18.7. The average Bonchev–Trinajstić information content (AvgIpc) is 2.95. The molecular formula is C21H20O5. The second-order valence-electron chi connectivity index (χ2n) is 5.96. The molecule has 2 aromatic carbocycles. The van der Waals surface area contributed by atoms with Crippen LogP contribution in [0.2, 0.25) is 0 Å². The van der Waals surface area contributed by atoms with Crippen LogP contribution in [0, 0.1) is 0 Å². The Kier molecular flexibility index (Phi) is 4.98. The van der Waals surface area contributed by atoms with E-state index in [1.165, 1.54) is 0 Å². The van der Waals surface area contributed by atoms with Gasteiger partial charge in [0, 0.05) is 6.07 Å². The van der Waals surface area contributed by atoms with Crippen LogP contribution in [0.25, 0.3) is 6.08 Å². The number of ether oxygens (including phenoxy) is 4. The molecule has 0 unspecified atom stereocenters. The fourth-order valence-electron chi connectivity index (χ4n) is 2.54. The van der Waals surface area contributed by atoms with Gasteiger partial charge in [-0.1, -0.05) is 12.6 Å². The molecule has 0 atom stereocenters. The van der Waals surface area contributed by atoms with E-state index in [-0.39, 0.29) is 11.5 Å².